The van der Waals surface area contributed by atoms with Gasteiger partial charge in [-0.1, -0.05) is 82.6 Å². The van der Waals surface area contributed by atoms with E-state index in [0.29, 0.717) is 16.3 Å². The summed E-state index contributed by atoms with van der Waals surface area (Å²) in [6.45, 7) is 15.9. The third kappa shape index (κ3) is 16.6. The lowest BCUT2D eigenvalue weighted by Gasteiger charge is -2.34. The summed E-state index contributed by atoms with van der Waals surface area (Å²) in [5, 5.41) is 25.9. The largest absolute Gasteiger partial charge is 0.495 e. The van der Waals surface area contributed by atoms with Gasteiger partial charge in [-0.25, -0.2) is 4.79 Å². The van der Waals surface area contributed by atoms with E-state index >= 15 is 0 Å². The normalized spacial score (nSPS) is 23.6. The fourth-order valence-corrected chi connectivity index (χ4v) is 8.13. The first-order valence-electron chi connectivity index (χ1n) is 23.9. The average Bonchev–Trinajstić information content (AvgIpc) is 4.09. The van der Waals surface area contributed by atoms with Crippen LogP contribution in [-0.4, -0.2) is 102 Å². The van der Waals surface area contributed by atoms with Crippen molar-refractivity contribution in [3.05, 3.63) is 76.3 Å². The third-order valence-electron chi connectivity index (χ3n) is 12.7. The summed E-state index contributed by atoms with van der Waals surface area (Å²) in [7, 11) is 1.49. The number of nitrogens with one attached hydrogen (secondary N) is 6. The van der Waals surface area contributed by atoms with Gasteiger partial charge in [-0.05, 0) is 87.3 Å². The maximum absolute atomic E-state index is 14.0. The number of hydrogen-bond donors (Lipinski definition) is 7. The summed E-state index contributed by atoms with van der Waals surface area (Å²) in [6, 6.07) is 7.86. The fourth-order valence-electron chi connectivity index (χ4n) is 7.85. The number of halogens is 1. The minimum Gasteiger partial charge on any atom is -0.495 e. The van der Waals surface area contributed by atoms with E-state index in [1.807, 2.05) is 45.0 Å². The molecule has 4 rings (SSSR count). The zero-order chi connectivity index (χ0) is 52.0. The molecule has 0 bridgehead atoms. The number of carboxylic acids is 1. The number of aliphatic carboxylic acids is 1. The molecule has 1 saturated heterocycles. The Bertz CT molecular complexity index is 2230. The van der Waals surface area contributed by atoms with Crippen LogP contribution in [0.3, 0.4) is 0 Å². The first kappa shape index (κ1) is 56.6. The quantitative estimate of drug-likeness (QED) is 0.0753. The Morgan fingerprint density at radius 3 is 2.17 bits per heavy atom. The number of carbonyl (C=O) groups is 8. The van der Waals surface area contributed by atoms with Gasteiger partial charge in [-0.3, -0.25) is 33.6 Å². The zero-order valence-electron chi connectivity index (χ0n) is 41.8. The minimum atomic E-state index is -1.20. The van der Waals surface area contributed by atoms with E-state index in [-0.39, 0.29) is 75.0 Å². The van der Waals surface area contributed by atoms with Crippen LogP contribution in [0.5, 0.6) is 5.75 Å². The number of methoxy groups -OCH3 is 1. The summed E-state index contributed by atoms with van der Waals surface area (Å²) in [4.78, 5) is 105. The second kappa shape index (κ2) is 25.7. The predicted octanol–water partition coefficient (Wildman–Crippen LogP) is 4.60. The second-order valence-corrected chi connectivity index (χ2v) is 20.0. The molecule has 4 unspecified atom stereocenters. The number of cyclic esters (lactones) is 1. The lowest BCUT2D eigenvalue weighted by atomic mass is 9.83. The molecule has 2 aromatic rings. The highest BCUT2D eigenvalue weighted by molar-refractivity contribution is 6.32. The van der Waals surface area contributed by atoms with E-state index in [4.69, 9.17) is 30.9 Å². The van der Waals surface area contributed by atoms with Crippen LogP contribution in [0.25, 0.3) is 0 Å². The molecule has 70 heavy (non-hydrogen) atoms. The molecular weight excluding hydrogens is 924 g/mol. The number of ether oxygens (including phenoxy) is 3. The van der Waals surface area contributed by atoms with Crippen molar-refractivity contribution in [2.45, 2.75) is 156 Å². The van der Waals surface area contributed by atoms with E-state index < -0.39 is 89.1 Å². The number of carboxylic acid groups (broad SMARTS) is 1. The fraction of sp³-hybridized carbons (Fsp3) is 0.569. The topological polar surface area (TPSA) is 260 Å². The number of rotatable bonds is 19. The van der Waals surface area contributed by atoms with Crippen molar-refractivity contribution < 1.29 is 57.7 Å². The highest BCUT2D eigenvalue weighted by Crippen LogP contribution is 2.45. The molecule has 2 aromatic carbocycles. The highest BCUT2D eigenvalue weighted by Gasteiger charge is 2.48. The molecule has 1 fully saturated rings. The third-order valence-corrected chi connectivity index (χ3v) is 13.0. The summed E-state index contributed by atoms with van der Waals surface area (Å²) in [6.07, 6.45) is 1.76. The van der Waals surface area contributed by atoms with Crippen LogP contribution >= 0.6 is 11.6 Å². The Morgan fingerprint density at radius 2 is 1.56 bits per heavy atom. The summed E-state index contributed by atoms with van der Waals surface area (Å²) in [5.74, 6) is -4.86. The van der Waals surface area contributed by atoms with E-state index in [0.717, 1.165) is 11.1 Å². The van der Waals surface area contributed by atoms with Gasteiger partial charge in [0.25, 0.3) is 0 Å². The smallest absolute Gasteiger partial charge is 0.328 e. The molecule has 2 aliphatic heterocycles. The van der Waals surface area contributed by atoms with Crippen molar-refractivity contribution in [2.75, 3.05) is 7.11 Å². The maximum Gasteiger partial charge on any atom is 0.328 e. The summed E-state index contributed by atoms with van der Waals surface area (Å²) >= 11 is 6.39. The lowest BCUT2D eigenvalue weighted by Crippen LogP contribution is -2.58. The summed E-state index contributed by atoms with van der Waals surface area (Å²) in [5.41, 5.74) is 1.07. The van der Waals surface area contributed by atoms with Crippen LogP contribution in [-0.2, 0) is 60.8 Å². The van der Waals surface area contributed by atoms with E-state index in [1.165, 1.54) is 20.1 Å². The molecule has 2 aliphatic rings. The van der Waals surface area contributed by atoms with Gasteiger partial charge in [0.2, 0.25) is 35.4 Å². The van der Waals surface area contributed by atoms with Gasteiger partial charge >= 0.3 is 11.9 Å². The Labute approximate surface area is 415 Å². The Balaban J connectivity index is 1.45. The Morgan fingerprint density at radius 1 is 0.886 bits per heavy atom. The van der Waals surface area contributed by atoms with Crippen LogP contribution in [0.4, 0.5) is 0 Å². The van der Waals surface area contributed by atoms with Crippen LogP contribution in [0.15, 0.2) is 54.6 Å². The molecule has 0 aliphatic carbocycles. The Hall–Kier alpha value is -6.01. The van der Waals surface area contributed by atoms with Crippen LogP contribution < -0.4 is 36.6 Å². The van der Waals surface area contributed by atoms with E-state index in [1.54, 1.807) is 58.9 Å². The monoisotopic (exact) mass is 994 g/mol. The van der Waals surface area contributed by atoms with Gasteiger partial charge < -0.3 is 51.2 Å². The first-order chi connectivity index (χ1) is 32.9. The second-order valence-electron chi connectivity index (χ2n) is 19.6. The summed E-state index contributed by atoms with van der Waals surface area (Å²) < 4.78 is 17.7. The Kier molecular flexibility index (Phi) is 20.8. The lowest BCUT2D eigenvalue weighted by molar-refractivity contribution is -0.157. The number of benzene rings is 2. The van der Waals surface area contributed by atoms with Gasteiger partial charge in [-0.15, -0.1) is 0 Å². The number of amides is 6. The molecule has 0 aromatic heterocycles. The minimum absolute atomic E-state index is 0.000265. The van der Waals surface area contributed by atoms with Crippen LogP contribution in [0, 0.1) is 23.2 Å². The van der Waals surface area contributed by atoms with Gasteiger partial charge in [0.1, 0.15) is 42.1 Å². The number of epoxide rings is 1. The van der Waals surface area contributed by atoms with Crippen molar-refractivity contribution in [2.24, 2.45) is 23.2 Å². The van der Waals surface area contributed by atoms with Crippen LogP contribution in [0.2, 0.25) is 5.02 Å². The van der Waals surface area contributed by atoms with Crippen molar-refractivity contribution >= 4 is 59.0 Å². The number of hydrogen-bond acceptors (Lipinski definition) is 11. The van der Waals surface area contributed by atoms with Gasteiger partial charge in [0, 0.05) is 44.2 Å². The van der Waals surface area contributed by atoms with Gasteiger partial charge in [0.15, 0.2) is 0 Å². The van der Waals surface area contributed by atoms with Crippen LogP contribution in [0.1, 0.15) is 117 Å². The number of esters is 1. The molecule has 384 valence electrons. The van der Waals surface area contributed by atoms with Gasteiger partial charge in [-0.2, -0.15) is 0 Å². The maximum atomic E-state index is 14.0. The molecular formula is C51H71ClN6O12. The van der Waals surface area contributed by atoms with Crippen molar-refractivity contribution in [1.82, 2.24) is 31.9 Å². The average molecular weight is 996 g/mol. The molecule has 7 N–H and O–H groups in total. The number of carbonyl (C=O) groups excluding carboxylic acids is 7. The molecule has 9 atom stereocenters. The predicted molar refractivity (Wildman–Crippen MR) is 261 cm³/mol. The molecule has 19 heteroatoms. The molecule has 18 nitrogen and oxygen atoms in total. The molecule has 6 amide bonds. The van der Waals surface area contributed by atoms with Crippen molar-refractivity contribution in [1.29, 1.82) is 0 Å². The SMILES string of the molecule is COc1ccc(C[C@H]2NC(=O)/C=C/C[C@@H](C(C)[C@H]3O[C@@H]3c3ccc(CNC(=O)C(C)NC(=O)C(NC(=O)CCCC(=O)O)C(C)C)cc3)OC(=O)[C@H](CC(C)C)NC(=O)C(C)(C)C(C)NC2=O)cc1Cl. The van der Waals surface area contributed by atoms with Gasteiger partial charge in [0.05, 0.1) is 23.7 Å². The standard InChI is InChI=1S/C51H71ClN6O12/c1-27(2)23-37-49(66)69-38(13-11-14-40(59)56-36(25-33-19-22-39(68-10)35(52)24-33)47(64)55-31(7)51(8,9)50(67)57-37)29(5)44-45(70-44)34-20-17-32(18-21-34)26-53-46(63)30(6)54-48(65)43(28(3)4)58-41(60)15-12-16-42(61)62/h11,14,17-22,24,27-31,36-38,43-45H,12-13,15-16,23,25-26H2,1-10H3,(H,53,63)(H,54,65)(H,55,64)(H,56,59)(H,57,67)(H,58,60)(H,61,62)/b14-11+/t29?,30?,31?,36-,37+,38+,43?,44-,45-/m1/s1. The zero-order valence-corrected chi connectivity index (χ0v) is 42.6. The van der Waals surface area contributed by atoms with E-state index in [9.17, 15) is 38.4 Å². The van der Waals surface area contributed by atoms with Crippen molar-refractivity contribution in [3.63, 3.8) is 0 Å². The first-order valence-corrected chi connectivity index (χ1v) is 24.2. The molecule has 2 heterocycles. The van der Waals surface area contributed by atoms with E-state index in [2.05, 4.69) is 31.9 Å². The molecule has 0 spiro atoms. The molecule has 0 radical (unpaired) electrons. The highest BCUT2D eigenvalue weighted by atomic mass is 35.5. The van der Waals surface area contributed by atoms with Crippen molar-refractivity contribution in [3.8, 4) is 5.75 Å². The molecule has 0 saturated carbocycles.